The molecular formula is C17H24O2. The van der Waals surface area contributed by atoms with Crippen LogP contribution in [0.25, 0.3) is 0 Å². The molecule has 1 saturated carbocycles. The normalized spacial score (nSPS) is 30.1. The minimum Gasteiger partial charge on any atom is -0.299 e. The van der Waals surface area contributed by atoms with E-state index >= 15 is 0 Å². The highest BCUT2D eigenvalue weighted by Gasteiger charge is 2.56. The van der Waals surface area contributed by atoms with E-state index in [1.807, 2.05) is 13.0 Å². The molecule has 0 aromatic heterocycles. The van der Waals surface area contributed by atoms with E-state index in [0.717, 1.165) is 5.57 Å². The van der Waals surface area contributed by atoms with Crippen molar-refractivity contribution in [2.24, 2.45) is 17.3 Å². The van der Waals surface area contributed by atoms with Gasteiger partial charge in [-0.1, -0.05) is 24.3 Å². The monoisotopic (exact) mass is 260 g/mol. The first kappa shape index (κ1) is 15.6. The van der Waals surface area contributed by atoms with Crippen molar-refractivity contribution in [1.82, 2.24) is 0 Å². The molecular weight excluding hydrogens is 236 g/mol. The number of hydrogen-bond acceptors (Lipinski definition) is 2. The van der Waals surface area contributed by atoms with E-state index in [1.165, 1.54) is 6.92 Å². The topological polar surface area (TPSA) is 34.1 Å². The van der Waals surface area contributed by atoms with Crippen LogP contribution in [-0.4, -0.2) is 11.6 Å². The molecule has 0 bridgehead atoms. The van der Waals surface area contributed by atoms with Gasteiger partial charge in [0.15, 0.2) is 0 Å². The first-order chi connectivity index (χ1) is 8.91. The Labute approximate surface area is 116 Å². The molecule has 0 saturated heterocycles. The third-order valence-corrected chi connectivity index (χ3v) is 4.45. The van der Waals surface area contributed by atoms with Crippen molar-refractivity contribution in [3.63, 3.8) is 0 Å². The zero-order valence-corrected chi connectivity index (χ0v) is 12.1. The van der Waals surface area contributed by atoms with Crippen molar-refractivity contribution < 1.29 is 9.59 Å². The Morgan fingerprint density at radius 3 is 2.42 bits per heavy atom. The van der Waals surface area contributed by atoms with Crippen LogP contribution in [0, 0.1) is 17.3 Å². The summed E-state index contributed by atoms with van der Waals surface area (Å²) in [5, 5.41) is 0. The van der Waals surface area contributed by atoms with E-state index in [2.05, 4.69) is 19.7 Å². The Morgan fingerprint density at radius 2 is 2.00 bits per heavy atom. The second-order valence-corrected chi connectivity index (χ2v) is 5.57. The zero-order chi connectivity index (χ0) is 14.6. The smallest absolute Gasteiger partial charge is 0.147 e. The fourth-order valence-corrected chi connectivity index (χ4v) is 3.43. The highest BCUT2D eigenvalue weighted by atomic mass is 16.2. The molecule has 0 amide bonds. The van der Waals surface area contributed by atoms with Gasteiger partial charge >= 0.3 is 0 Å². The summed E-state index contributed by atoms with van der Waals surface area (Å²) in [7, 11) is 0. The van der Waals surface area contributed by atoms with Crippen LogP contribution in [0.5, 0.6) is 0 Å². The second kappa shape index (κ2) is 6.14. The average molecular weight is 260 g/mol. The maximum Gasteiger partial charge on any atom is 0.147 e. The van der Waals surface area contributed by atoms with E-state index in [0.29, 0.717) is 25.7 Å². The maximum absolute atomic E-state index is 12.5. The first-order valence-corrected chi connectivity index (χ1v) is 6.83. The fraction of sp³-hybridized carbons (Fsp3) is 0.529. The lowest BCUT2D eigenvalue weighted by atomic mass is 9.67. The summed E-state index contributed by atoms with van der Waals surface area (Å²) in [6, 6.07) is 0. The fourth-order valence-electron chi connectivity index (χ4n) is 3.43. The Morgan fingerprint density at radius 1 is 1.37 bits per heavy atom. The first-order valence-electron chi connectivity index (χ1n) is 6.83. The lowest BCUT2D eigenvalue weighted by Gasteiger charge is -2.33. The molecule has 1 aliphatic rings. The van der Waals surface area contributed by atoms with Crippen LogP contribution in [-0.2, 0) is 9.59 Å². The lowest BCUT2D eigenvalue weighted by molar-refractivity contribution is -0.140. The van der Waals surface area contributed by atoms with Crippen LogP contribution in [0.4, 0.5) is 0 Å². The maximum atomic E-state index is 12.5. The molecule has 0 aromatic carbocycles. The molecule has 104 valence electrons. The van der Waals surface area contributed by atoms with E-state index in [-0.39, 0.29) is 23.4 Å². The lowest BCUT2D eigenvalue weighted by Crippen LogP contribution is -2.40. The quantitative estimate of drug-likeness (QED) is 0.514. The second-order valence-electron chi connectivity index (χ2n) is 5.57. The minimum absolute atomic E-state index is 0.00690. The van der Waals surface area contributed by atoms with Crippen molar-refractivity contribution in [1.29, 1.82) is 0 Å². The Kier molecular flexibility index (Phi) is 5.04. The predicted molar refractivity (Wildman–Crippen MR) is 78.8 cm³/mol. The van der Waals surface area contributed by atoms with Gasteiger partial charge in [-0.05, 0) is 44.9 Å². The molecule has 1 fully saturated rings. The number of hydrogen-bond donors (Lipinski definition) is 0. The Hall–Kier alpha value is -1.44. The number of rotatable bonds is 7. The number of carbonyl (C=O) groups excluding carboxylic acids is 2. The van der Waals surface area contributed by atoms with Gasteiger partial charge in [-0.2, -0.15) is 0 Å². The van der Waals surface area contributed by atoms with Gasteiger partial charge in [0.1, 0.15) is 11.6 Å². The Balaban J connectivity index is 3.26. The summed E-state index contributed by atoms with van der Waals surface area (Å²) in [6.45, 7) is 15.0. The summed E-state index contributed by atoms with van der Waals surface area (Å²) < 4.78 is 0. The Bertz CT molecular complexity index is 419. The number of allylic oxidation sites excluding steroid dienone is 3. The largest absolute Gasteiger partial charge is 0.299 e. The van der Waals surface area contributed by atoms with Crippen molar-refractivity contribution >= 4 is 11.6 Å². The molecule has 0 N–H and O–H groups in total. The molecule has 2 heteroatoms. The van der Waals surface area contributed by atoms with Crippen molar-refractivity contribution in [2.45, 2.75) is 39.5 Å². The van der Waals surface area contributed by atoms with Gasteiger partial charge in [0, 0.05) is 6.42 Å². The van der Waals surface area contributed by atoms with Crippen LogP contribution < -0.4 is 0 Å². The van der Waals surface area contributed by atoms with E-state index in [4.69, 9.17) is 0 Å². The molecule has 0 aromatic rings. The van der Waals surface area contributed by atoms with Gasteiger partial charge in [0.05, 0.1) is 5.41 Å². The summed E-state index contributed by atoms with van der Waals surface area (Å²) in [6.07, 6.45) is 5.95. The van der Waals surface area contributed by atoms with Gasteiger partial charge in [0.2, 0.25) is 0 Å². The van der Waals surface area contributed by atoms with Gasteiger partial charge in [-0.3, -0.25) is 9.59 Å². The predicted octanol–water partition coefficient (Wildman–Crippen LogP) is 3.89. The standard InChI is InChI=1S/C17H24O2/c1-6-8-10-17(13(5)18)15(9-7-2)14(12(3)4)11-16(17)19/h6-7,14-15H,1-3,8-11H2,4-5H3/t14-,15-,17-/m0/s1. The molecule has 0 spiro atoms. The van der Waals surface area contributed by atoms with E-state index in [1.54, 1.807) is 6.08 Å². The number of ketones is 2. The van der Waals surface area contributed by atoms with Crippen molar-refractivity contribution in [3.8, 4) is 0 Å². The van der Waals surface area contributed by atoms with Gasteiger partial charge in [-0.25, -0.2) is 0 Å². The highest BCUT2D eigenvalue weighted by molar-refractivity contribution is 6.08. The minimum atomic E-state index is -0.855. The average Bonchev–Trinajstić information content (AvgIpc) is 2.62. The van der Waals surface area contributed by atoms with E-state index in [9.17, 15) is 9.59 Å². The molecule has 19 heavy (non-hydrogen) atoms. The third kappa shape index (κ3) is 2.63. The summed E-state index contributed by atoms with van der Waals surface area (Å²) in [4.78, 5) is 24.7. The zero-order valence-electron chi connectivity index (χ0n) is 12.1. The van der Waals surface area contributed by atoms with Gasteiger partial charge < -0.3 is 0 Å². The SMILES string of the molecule is C=CCC[C@@]1(C(C)=O)C(=O)C[C@@H](C(=C)C)[C@@H]1CC=C. The van der Waals surface area contributed by atoms with E-state index < -0.39 is 5.41 Å². The summed E-state index contributed by atoms with van der Waals surface area (Å²) >= 11 is 0. The molecule has 0 unspecified atom stereocenters. The molecule has 1 aliphatic carbocycles. The van der Waals surface area contributed by atoms with Crippen LogP contribution in [0.2, 0.25) is 0 Å². The van der Waals surface area contributed by atoms with Gasteiger partial charge in [-0.15, -0.1) is 13.2 Å². The third-order valence-electron chi connectivity index (χ3n) is 4.45. The molecule has 0 aliphatic heterocycles. The highest BCUT2D eigenvalue weighted by Crippen LogP contribution is 2.52. The molecule has 1 rings (SSSR count). The number of Topliss-reactive ketones (excluding diaryl/α,β-unsaturated/α-hetero) is 2. The van der Waals surface area contributed by atoms with Crippen LogP contribution in [0.3, 0.4) is 0 Å². The van der Waals surface area contributed by atoms with Crippen LogP contribution in [0.1, 0.15) is 39.5 Å². The molecule has 0 radical (unpaired) electrons. The van der Waals surface area contributed by atoms with Gasteiger partial charge in [0.25, 0.3) is 0 Å². The molecule has 2 nitrogen and oxygen atoms in total. The number of carbonyl (C=O) groups is 2. The summed E-state index contributed by atoms with van der Waals surface area (Å²) in [5.41, 5.74) is 0.133. The summed E-state index contributed by atoms with van der Waals surface area (Å²) in [5.74, 6) is 0.156. The molecule has 3 atom stereocenters. The van der Waals surface area contributed by atoms with Crippen LogP contribution in [0.15, 0.2) is 37.5 Å². The van der Waals surface area contributed by atoms with Crippen LogP contribution >= 0.6 is 0 Å². The van der Waals surface area contributed by atoms with Crippen molar-refractivity contribution in [2.75, 3.05) is 0 Å². The molecule has 0 heterocycles. The van der Waals surface area contributed by atoms with Crippen molar-refractivity contribution in [3.05, 3.63) is 37.5 Å².